The van der Waals surface area contributed by atoms with Gasteiger partial charge in [-0.1, -0.05) is 11.6 Å². The Balaban J connectivity index is 2.14. The summed E-state index contributed by atoms with van der Waals surface area (Å²) in [5.74, 6) is -1.14. The molecule has 0 aliphatic carbocycles. The zero-order valence-electron chi connectivity index (χ0n) is 17.0. The number of nitro groups is 1. The Bertz CT molecular complexity index is 1020. The van der Waals surface area contributed by atoms with Crippen molar-refractivity contribution in [3.8, 4) is 17.2 Å². The van der Waals surface area contributed by atoms with Crippen molar-refractivity contribution in [1.82, 2.24) is 10.3 Å². The first-order chi connectivity index (χ1) is 15.0. The van der Waals surface area contributed by atoms with E-state index < -0.39 is 28.3 Å². The van der Waals surface area contributed by atoms with Crippen molar-refractivity contribution >= 4 is 29.0 Å². The number of halogens is 4. The third-order valence-corrected chi connectivity index (χ3v) is 4.39. The van der Waals surface area contributed by atoms with E-state index in [9.17, 15) is 28.1 Å². The summed E-state index contributed by atoms with van der Waals surface area (Å²) in [4.78, 5) is 27.0. The molecule has 32 heavy (non-hydrogen) atoms. The number of rotatable bonds is 9. The van der Waals surface area contributed by atoms with E-state index in [2.05, 4.69) is 15.6 Å². The van der Waals surface area contributed by atoms with E-state index in [1.807, 2.05) is 0 Å². The van der Waals surface area contributed by atoms with E-state index in [1.165, 1.54) is 21.3 Å². The molecule has 0 saturated carbocycles. The number of alkyl halides is 3. The minimum absolute atomic E-state index is 0.0159. The number of methoxy groups -OCH3 is 3. The number of anilines is 1. The van der Waals surface area contributed by atoms with E-state index in [1.54, 1.807) is 0 Å². The number of carbonyl (C=O) groups excluding carboxylic acids is 1. The third kappa shape index (κ3) is 5.41. The molecule has 0 bridgehead atoms. The lowest BCUT2D eigenvalue weighted by Crippen LogP contribution is -2.29. The van der Waals surface area contributed by atoms with Gasteiger partial charge >= 0.3 is 11.9 Å². The molecule has 2 N–H and O–H groups in total. The minimum Gasteiger partial charge on any atom is -0.493 e. The van der Waals surface area contributed by atoms with Crippen LogP contribution in [0.2, 0.25) is 5.02 Å². The number of amides is 1. The van der Waals surface area contributed by atoms with Gasteiger partial charge in [0, 0.05) is 25.4 Å². The van der Waals surface area contributed by atoms with Gasteiger partial charge in [-0.3, -0.25) is 14.9 Å². The maximum Gasteiger partial charge on any atom is 0.417 e. The highest BCUT2D eigenvalue weighted by atomic mass is 35.5. The van der Waals surface area contributed by atoms with Gasteiger partial charge in [0.15, 0.2) is 5.75 Å². The largest absolute Gasteiger partial charge is 0.493 e. The molecule has 0 spiro atoms. The van der Waals surface area contributed by atoms with Crippen molar-refractivity contribution in [3.05, 3.63) is 44.6 Å². The van der Waals surface area contributed by atoms with Crippen LogP contribution in [0.3, 0.4) is 0 Å². The lowest BCUT2D eigenvalue weighted by atomic mass is 10.1. The second-order valence-corrected chi connectivity index (χ2v) is 6.44. The average molecular weight is 479 g/mol. The zero-order chi connectivity index (χ0) is 24.1. The van der Waals surface area contributed by atoms with Crippen molar-refractivity contribution in [2.24, 2.45) is 0 Å². The Labute approximate surface area is 184 Å². The Kier molecular flexibility index (Phi) is 7.92. The number of nitro benzene ring substituents is 1. The maximum absolute atomic E-state index is 12.7. The molecule has 14 heteroatoms. The Morgan fingerprint density at radius 1 is 1.16 bits per heavy atom. The van der Waals surface area contributed by atoms with Crippen molar-refractivity contribution in [3.63, 3.8) is 0 Å². The molecule has 0 radical (unpaired) electrons. The number of aromatic nitrogens is 1. The van der Waals surface area contributed by atoms with E-state index in [4.69, 9.17) is 25.8 Å². The first kappa shape index (κ1) is 24.8. The quantitative estimate of drug-likeness (QED) is 0.318. The minimum atomic E-state index is -4.58. The van der Waals surface area contributed by atoms with Gasteiger partial charge in [-0.15, -0.1) is 0 Å². The van der Waals surface area contributed by atoms with Crippen LogP contribution in [0, 0.1) is 10.1 Å². The van der Waals surface area contributed by atoms with Gasteiger partial charge in [0.2, 0.25) is 11.5 Å². The van der Waals surface area contributed by atoms with E-state index in [0.29, 0.717) is 6.20 Å². The molecule has 1 aromatic carbocycles. The Morgan fingerprint density at radius 2 is 1.81 bits per heavy atom. The van der Waals surface area contributed by atoms with Crippen LogP contribution in [0.5, 0.6) is 17.2 Å². The highest BCUT2D eigenvalue weighted by Crippen LogP contribution is 2.46. The number of benzene rings is 1. The molecule has 0 atom stereocenters. The van der Waals surface area contributed by atoms with Crippen LogP contribution in [0.15, 0.2) is 18.3 Å². The second kappa shape index (κ2) is 10.2. The van der Waals surface area contributed by atoms with Crippen LogP contribution in [0.1, 0.15) is 15.9 Å². The molecule has 2 aromatic rings. The number of hydrogen-bond acceptors (Lipinski definition) is 8. The van der Waals surface area contributed by atoms with E-state index in [0.717, 1.165) is 12.1 Å². The molecule has 0 saturated heterocycles. The molecule has 0 fully saturated rings. The standard InChI is InChI=1S/C18H18ClF3N4O6/c1-30-12-7-10(13(26(28)29)15(32-3)14(12)31-2)17(27)24-5-4-23-16-11(19)6-9(8-25-16)18(20,21)22/h6-8H,4-5H2,1-3H3,(H,23,25)(H,24,27). The highest BCUT2D eigenvalue weighted by molar-refractivity contribution is 6.32. The molecule has 1 heterocycles. The first-order valence-electron chi connectivity index (χ1n) is 8.77. The summed E-state index contributed by atoms with van der Waals surface area (Å²) in [5, 5.41) is 16.4. The van der Waals surface area contributed by atoms with Crippen LogP contribution in [0.25, 0.3) is 0 Å². The molecule has 1 amide bonds. The van der Waals surface area contributed by atoms with Gasteiger partial charge in [0.1, 0.15) is 11.4 Å². The van der Waals surface area contributed by atoms with Gasteiger partial charge in [0.25, 0.3) is 5.91 Å². The summed E-state index contributed by atoms with van der Waals surface area (Å²) in [6, 6.07) is 1.85. The summed E-state index contributed by atoms with van der Waals surface area (Å²) < 4.78 is 53.2. The Morgan fingerprint density at radius 3 is 2.31 bits per heavy atom. The number of carbonyl (C=O) groups is 1. The van der Waals surface area contributed by atoms with Gasteiger partial charge in [-0.05, 0) is 6.07 Å². The normalized spacial score (nSPS) is 11.0. The van der Waals surface area contributed by atoms with Crippen molar-refractivity contribution in [2.45, 2.75) is 6.18 Å². The van der Waals surface area contributed by atoms with Gasteiger partial charge < -0.3 is 24.8 Å². The molecule has 0 unspecified atom stereocenters. The SMILES string of the molecule is COc1cc(C(=O)NCCNc2ncc(C(F)(F)F)cc2Cl)c([N+](=O)[O-])c(OC)c1OC. The van der Waals surface area contributed by atoms with Crippen molar-refractivity contribution < 1.29 is 37.1 Å². The number of nitrogens with one attached hydrogen (secondary N) is 2. The maximum atomic E-state index is 12.7. The summed E-state index contributed by atoms with van der Waals surface area (Å²) in [6.45, 7) is -0.0479. The van der Waals surface area contributed by atoms with E-state index >= 15 is 0 Å². The van der Waals surface area contributed by atoms with Crippen LogP contribution in [-0.4, -0.2) is 50.2 Å². The fraction of sp³-hybridized carbons (Fsp3) is 0.333. The average Bonchev–Trinajstić information content (AvgIpc) is 2.74. The molecule has 174 valence electrons. The topological polar surface area (TPSA) is 125 Å². The number of pyridine rings is 1. The fourth-order valence-electron chi connectivity index (χ4n) is 2.67. The van der Waals surface area contributed by atoms with E-state index in [-0.39, 0.29) is 46.7 Å². The summed E-state index contributed by atoms with van der Waals surface area (Å²) in [7, 11) is 3.72. The Hall–Kier alpha value is -3.48. The first-order valence-corrected chi connectivity index (χ1v) is 9.15. The van der Waals surface area contributed by atoms with Crippen LogP contribution in [0.4, 0.5) is 24.7 Å². The lowest BCUT2D eigenvalue weighted by molar-refractivity contribution is -0.386. The second-order valence-electron chi connectivity index (χ2n) is 6.03. The summed E-state index contributed by atoms with van der Waals surface area (Å²) in [6.07, 6.45) is -3.97. The fourth-order valence-corrected chi connectivity index (χ4v) is 2.90. The third-order valence-electron chi connectivity index (χ3n) is 4.10. The van der Waals surface area contributed by atoms with Crippen molar-refractivity contribution in [1.29, 1.82) is 0 Å². The summed E-state index contributed by atoms with van der Waals surface area (Å²) in [5.41, 5.74) is -1.96. The number of hydrogen-bond donors (Lipinski definition) is 2. The van der Waals surface area contributed by atoms with Crippen LogP contribution >= 0.6 is 11.6 Å². The lowest BCUT2D eigenvalue weighted by Gasteiger charge is -2.15. The summed E-state index contributed by atoms with van der Waals surface area (Å²) >= 11 is 5.80. The molecular formula is C18H18ClF3N4O6. The molecule has 2 rings (SSSR count). The molecule has 0 aliphatic rings. The molecule has 0 aliphatic heterocycles. The number of ether oxygens (including phenoxy) is 3. The van der Waals surface area contributed by atoms with Gasteiger partial charge in [-0.2, -0.15) is 13.2 Å². The predicted octanol–water partition coefficient (Wildman–Crippen LogP) is 3.53. The number of nitrogens with zero attached hydrogens (tertiary/aromatic N) is 2. The van der Waals surface area contributed by atoms with Crippen LogP contribution < -0.4 is 24.8 Å². The zero-order valence-corrected chi connectivity index (χ0v) is 17.8. The predicted molar refractivity (Wildman–Crippen MR) is 108 cm³/mol. The smallest absolute Gasteiger partial charge is 0.417 e. The van der Waals surface area contributed by atoms with Crippen LogP contribution in [-0.2, 0) is 6.18 Å². The molecule has 10 nitrogen and oxygen atoms in total. The highest BCUT2D eigenvalue weighted by Gasteiger charge is 2.33. The molecular weight excluding hydrogens is 461 g/mol. The van der Waals surface area contributed by atoms with Crippen molar-refractivity contribution in [2.75, 3.05) is 39.7 Å². The monoisotopic (exact) mass is 478 g/mol. The van der Waals surface area contributed by atoms with Gasteiger partial charge in [-0.25, -0.2) is 4.98 Å². The van der Waals surface area contributed by atoms with Gasteiger partial charge in [0.05, 0.1) is 36.8 Å². The molecule has 1 aromatic heterocycles.